The summed E-state index contributed by atoms with van der Waals surface area (Å²) in [6.45, 7) is 4.18. The van der Waals surface area contributed by atoms with Crippen LogP contribution in [0, 0.1) is 0 Å². The summed E-state index contributed by atoms with van der Waals surface area (Å²) in [5.74, 6) is -0.580. The summed E-state index contributed by atoms with van der Waals surface area (Å²) in [6.07, 6.45) is 84.6. The van der Waals surface area contributed by atoms with Gasteiger partial charge in [0.05, 0.1) is 6.61 Å². The van der Waals surface area contributed by atoms with Gasteiger partial charge in [-0.1, -0.05) is 339 Å². The number of hydrogen-bond acceptors (Lipinski definition) is 5. The molecule has 5 nitrogen and oxygen atoms in total. The largest absolute Gasteiger partial charge is 0.462 e. The molecule has 0 aliphatic rings. The van der Waals surface area contributed by atoms with Gasteiger partial charge in [0.25, 0.3) is 0 Å². The molecule has 0 aromatic heterocycles. The molecule has 0 fully saturated rings. The molecule has 73 heavy (non-hydrogen) atoms. The maximum absolute atomic E-state index is 12.3. The van der Waals surface area contributed by atoms with Crippen LogP contribution in [0.3, 0.4) is 0 Å². The number of aliphatic hydroxyl groups excluding tert-OH is 1. The van der Waals surface area contributed by atoms with E-state index in [1.807, 2.05) is 0 Å². The first kappa shape index (κ1) is 71.1. The first-order valence-electron chi connectivity index (χ1n) is 33.0. The molecular formula is C68H128O5. The molecule has 1 N–H and O–H groups in total. The van der Waals surface area contributed by atoms with Gasteiger partial charge in [-0.3, -0.25) is 9.59 Å². The van der Waals surface area contributed by atoms with Crippen LogP contribution in [-0.4, -0.2) is 36.4 Å². The maximum Gasteiger partial charge on any atom is 0.306 e. The monoisotopic (exact) mass is 1020 g/mol. The summed E-state index contributed by atoms with van der Waals surface area (Å²) in [4.78, 5) is 24.6. The molecular weight excluding hydrogens is 897 g/mol. The zero-order chi connectivity index (χ0) is 52.7. The Morgan fingerprint density at radius 1 is 0.315 bits per heavy atom. The van der Waals surface area contributed by atoms with Crippen molar-refractivity contribution in [3.63, 3.8) is 0 Å². The van der Waals surface area contributed by atoms with E-state index in [2.05, 4.69) is 50.3 Å². The molecule has 5 heteroatoms. The number of unbranched alkanes of at least 4 members (excludes halogenated alkanes) is 48. The number of carbonyl (C=O) groups excluding carboxylic acids is 2. The molecule has 0 amide bonds. The normalized spacial score (nSPS) is 12.3. The Balaban J connectivity index is 3.39. The number of hydrogen-bond donors (Lipinski definition) is 1. The van der Waals surface area contributed by atoms with Crippen molar-refractivity contribution in [1.29, 1.82) is 0 Å². The second-order valence-electron chi connectivity index (χ2n) is 22.6. The van der Waals surface area contributed by atoms with Gasteiger partial charge in [-0.25, -0.2) is 0 Å². The Bertz CT molecular complexity index is 1160. The van der Waals surface area contributed by atoms with Gasteiger partial charge in [-0.05, 0) is 51.4 Å². The van der Waals surface area contributed by atoms with Crippen molar-refractivity contribution in [2.75, 3.05) is 13.2 Å². The highest BCUT2D eigenvalue weighted by Crippen LogP contribution is 2.19. The van der Waals surface area contributed by atoms with E-state index in [-0.39, 0.29) is 25.2 Å². The van der Waals surface area contributed by atoms with Crippen LogP contribution in [0.1, 0.15) is 367 Å². The maximum atomic E-state index is 12.3. The zero-order valence-corrected chi connectivity index (χ0v) is 49.4. The van der Waals surface area contributed by atoms with Crippen LogP contribution in [0.2, 0.25) is 0 Å². The van der Waals surface area contributed by atoms with Gasteiger partial charge < -0.3 is 14.6 Å². The molecule has 0 saturated heterocycles. The van der Waals surface area contributed by atoms with E-state index in [9.17, 15) is 14.7 Å². The van der Waals surface area contributed by atoms with Gasteiger partial charge >= 0.3 is 11.9 Å². The Morgan fingerprint density at radius 2 is 0.548 bits per heavy atom. The fourth-order valence-corrected chi connectivity index (χ4v) is 10.2. The third kappa shape index (κ3) is 62.6. The molecule has 0 aromatic carbocycles. The number of carbonyl (C=O) groups is 2. The minimum Gasteiger partial charge on any atom is -0.462 e. The minimum absolute atomic E-state index is 0.0647. The van der Waals surface area contributed by atoms with E-state index < -0.39 is 6.10 Å². The molecule has 0 aliphatic carbocycles. The SMILES string of the molecule is CCCCCCC/C=C\C/C=C\C/C=C\CCCCCCCCCCC(=O)OC(CO)COC(=O)CCCCCCCCCCCCCCCCCCCCCCCCCCCCCCCCCCCCCC. The highest BCUT2D eigenvalue weighted by molar-refractivity contribution is 5.70. The van der Waals surface area contributed by atoms with Crippen LogP contribution in [0.15, 0.2) is 36.5 Å². The predicted molar refractivity (Wildman–Crippen MR) is 321 cm³/mol. The van der Waals surface area contributed by atoms with Gasteiger partial charge in [-0.2, -0.15) is 0 Å². The number of allylic oxidation sites excluding steroid dienone is 6. The third-order valence-corrected chi connectivity index (χ3v) is 15.2. The number of esters is 2. The fourth-order valence-electron chi connectivity index (χ4n) is 10.2. The first-order valence-corrected chi connectivity index (χ1v) is 33.0. The van der Waals surface area contributed by atoms with E-state index in [0.29, 0.717) is 12.8 Å². The second-order valence-corrected chi connectivity index (χ2v) is 22.6. The van der Waals surface area contributed by atoms with Gasteiger partial charge in [0, 0.05) is 12.8 Å². The van der Waals surface area contributed by atoms with Gasteiger partial charge in [0.15, 0.2) is 6.10 Å². The number of rotatable bonds is 62. The summed E-state index contributed by atoms with van der Waals surface area (Å²) in [7, 11) is 0. The Kier molecular flexibility index (Phi) is 62.7. The number of aliphatic hydroxyl groups is 1. The average molecular weight is 1030 g/mol. The molecule has 1 unspecified atom stereocenters. The van der Waals surface area contributed by atoms with Crippen molar-refractivity contribution in [1.82, 2.24) is 0 Å². The van der Waals surface area contributed by atoms with Crippen molar-refractivity contribution in [2.24, 2.45) is 0 Å². The van der Waals surface area contributed by atoms with Crippen molar-refractivity contribution in [3.8, 4) is 0 Å². The van der Waals surface area contributed by atoms with Crippen LogP contribution >= 0.6 is 0 Å². The van der Waals surface area contributed by atoms with Crippen LogP contribution < -0.4 is 0 Å². The summed E-state index contributed by atoms with van der Waals surface area (Å²) in [6, 6.07) is 0. The van der Waals surface area contributed by atoms with E-state index in [1.54, 1.807) is 0 Å². The lowest BCUT2D eigenvalue weighted by atomic mass is 10.0. The minimum atomic E-state index is -0.775. The molecule has 0 aliphatic heterocycles. The van der Waals surface area contributed by atoms with Crippen LogP contribution in [0.25, 0.3) is 0 Å². The van der Waals surface area contributed by atoms with Crippen molar-refractivity contribution in [3.05, 3.63) is 36.5 Å². The van der Waals surface area contributed by atoms with Gasteiger partial charge in [-0.15, -0.1) is 0 Å². The van der Waals surface area contributed by atoms with E-state index in [0.717, 1.165) is 51.4 Å². The molecule has 0 aromatic rings. The summed E-state index contributed by atoms with van der Waals surface area (Å²) < 4.78 is 10.7. The topological polar surface area (TPSA) is 72.8 Å². The Morgan fingerprint density at radius 3 is 0.822 bits per heavy atom. The Labute approximate surface area is 456 Å². The standard InChI is InChI=1S/C68H128O5/c1-3-5-7-9-11-13-15-17-19-21-23-25-27-28-29-30-31-32-33-34-35-36-37-38-39-41-42-44-46-48-50-52-54-56-58-60-62-67(70)72-65-66(64-69)73-68(71)63-61-59-57-55-53-51-49-47-45-43-40-26-24-22-20-18-16-14-12-10-8-6-4-2/h16,18,22,24,40,43,66,69H,3-15,17,19-21,23,25-39,41-42,44-65H2,1-2H3/b18-16-,24-22-,43-40-. The van der Waals surface area contributed by atoms with Crippen LogP contribution in [-0.2, 0) is 19.1 Å². The van der Waals surface area contributed by atoms with Crippen LogP contribution in [0.5, 0.6) is 0 Å². The van der Waals surface area contributed by atoms with E-state index in [1.165, 1.54) is 289 Å². The molecule has 1 atom stereocenters. The third-order valence-electron chi connectivity index (χ3n) is 15.2. The quantitative estimate of drug-likeness (QED) is 0.0373. The van der Waals surface area contributed by atoms with Gasteiger partial charge in [0.2, 0.25) is 0 Å². The highest BCUT2D eigenvalue weighted by Gasteiger charge is 2.16. The van der Waals surface area contributed by atoms with Crippen molar-refractivity contribution < 1.29 is 24.2 Å². The summed E-state index contributed by atoms with van der Waals surface area (Å²) in [5.41, 5.74) is 0. The lowest BCUT2D eigenvalue weighted by molar-refractivity contribution is -0.161. The lowest BCUT2D eigenvalue weighted by Crippen LogP contribution is -2.28. The molecule has 0 radical (unpaired) electrons. The van der Waals surface area contributed by atoms with E-state index >= 15 is 0 Å². The first-order chi connectivity index (χ1) is 36.1. The van der Waals surface area contributed by atoms with Crippen molar-refractivity contribution >= 4 is 11.9 Å². The predicted octanol–water partition coefficient (Wildman–Crippen LogP) is 22.6. The molecule has 0 bridgehead atoms. The van der Waals surface area contributed by atoms with Gasteiger partial charge in [0.1, 0.15) is 6.61 Å². The summed E-state index contributed by atoms with van der Waals surface area (Å²) >= 11 is 0. The second kappa shape index (κ2) is 64.4. The van der Waals surface area contributed by atoms with Crippen molar-refractivity contribution in [2.45, 2.75) is 373 Å². The zero-order valence-electron chi connectivity index (χ0n) is 49.4. The molecule has 0 spiro atoms. The van der Waals surface area contributed by atoms with E-state index in [4.69, 9.17) is 9.47 Å². The molecule has 0 heterocycles. The molecule has 0 saturated carbocycles. The molecule has 430 valence electrons. The summed E-state index contributed by atoms with van der Waals surface area (Å²) in [5, 5.41) is 9.68. The fraction of sp³-hybridized carbons (Fsp3) is 0.882. The smallest absolute Gasteiger partial charge is 0.306 e. The highest BCUT2D eigenvalue weighted by atomic mass is 16.6. The van der Waals surface area contributed by atoms with Crippen LogP contribution in [0.4, 0.5) is 0 Å². The Hall–Kier alpha value is -1.88. The number of ether oxygens (including phenoxy) is 2. The molecule has 0 rings (SSSR count). The lowest BCUT2D eigenvalue weighted by Gasteiger charge is -2.15. The average Bonchev–Trinajstić information content (AvgIpc) is 3.39.